The van der Waals surface area contributed by atoms with Crippen LogP contribution in [0.4, 0.5) is 5.69 Å². The Morgan fingerprint density at radius 1 is 1.03 bits per heavy atom. The Morgan fingerprint density at radius 3 is 2.52 bits per heavy atom. The normalized spacial score (nSPS) is 14.5. The van der Waals surface area contributed by atoms with Gasteiger partial charge in [0.1, 0.15) is 11.5 Å². The average Bonchev–Trinajstić information content (AvgIpc) is 3.14. The van der Waals surface area contributed by atoms with E-state index in [-0.39, 0.29) is 17.6 Å². The number of hydrogen-bond acceptors (Lipinski definition) is 5. The lowest BCUT2D eigenvalue weighted by atomic mass is 9.95. The van der Waals surface area contributed by atoms with Gasteiger partial charge in [0, 0.05) is 6.04 Å². The second-order valence-corrected chi connectivity index (χ2v) is 6.96. The van der Waals surface area contributed by atoms with Gasteiger partial charge in [-0.2, -0.15) is 5.10 Å². The Morgan fingerprint density at radius 2 is 1.79 bits per heavy atom. The minimum absolute atomic E-state index is 0.142. The maximum atomic E-state index is 12.6. The summed E-state index contributed by atoms with van der Waals surface area (Å²) < 4.78 is 5.28. The van der Waals surface area contributed by atoms with Crippen LogP contribution in [-0.4, -0.2) is 30.0 Å². The summed E-state index contributed by atoms with van der Waals surface area (Å²) >= 11 is 0. The molecule has 0 radical (unpaired) electrons. The first-order chi connectivity index (χ1) is 14.0. The highest BCUT2D eigenvalue weighted by Gasteiger charge is 2.20. The van der Waals surface area contributed by atoms with Crippen molar-refractivity contribution in [3.8, 4) is 0 Å². The highest BCUT2D eigenvalue weighted by molar-refractivity contribution is 6.40. The summed E-state index contributed by atoms with van der Waals surface area (Å²) in [7, 11) is 0. The number of hydrogen-bond donors (Lipinski definition) is 3. The zero-order valence-corrected chi connectivity index (χ0v) is 16.2. The summed E-state index contributed by atoms with van der Waals surface area (Å²) in [6.07, 6.45) is 6.59. The Balaban J connectivity index is 1.58. The van der Waals surface area contributed by atoms with Crippen LogP contribution in [0.1, 0.15) is 54.0 Å². The van der Waals surface area contributed by atoms with Gasteiger partial charge in [0.05, 0.1) is 17.5 Å². The molecule has 0 spiro atoms. The largest absolute Gasteiger partial charge is 0.460 e. The summed E-state index contributed by atoms with van der Waals surface area (Å²) in [5.41, 5.74) is 2.72. The van der Waals surface area contributed by atoms with Crippen molar-refractivity contribution in [2.45, 2.75) is 45.1 Å². The Hall–Kier alpha value is -3.42. The average molecular weight is 396 g/mol. The molecule has 1 aromatic heterocycles. The Labute approximate surface area is 168 Å². The van der Waals surface area contributed by atoms with Crippen LogP contribution in [0.15, 0.2) is 45.9 Å². The molecule has 3 rings (SSSR count). The molecule has 2 aromatic rings. The summed E-state index contributed by atoms with van der Waals surface area (Å²) in [4.78, 5) is 36.8. The number of carbonyl (C=O) groups excluding carboxylic acids is 3. The van der Waals surface area contributed by atoms with Crippen LogP contribution in [0.5, 0.6) is 0 Å². The minimum Gasteiger partial charge on any atom is -0.460 e. The number of carbonyl (C=O) groups is 3. The second kappa shape index (κ2) is 9.68. The lowest BCUT2D eigenvalue weighted by Crippen LogP contribution is -2.37. The van der Waals surface area contributed by atoms with E-state index in [1.54, 1.807) is 43.3 Å². The fourth-order valence-corrected chi connectivity index (χ4v) is 3.21. The van der Waals surface area contributed by atoms with Gasteiger partial charge in [-0.05, 0) is 44.0 Å². The van der Waals surface area contributed by atoms with Crippen LogP contribution in [0.3, 0.4) is 0 Å². The molecule has 1 heterocycles. The summed E-state index contributed by atoms with van der Waals surface area (Å²) in [5.74, 6) is -0.978. The first-order valence-corrected chi connectivity index (χ1v) is 9.63. The molecular weight excluding hydrogens is 372 g/mol. The van der Waals surface area contributed by atoms with E-state index in [0.717, 1.165) is 25.7 Å². The molecule has 0 aliphatic heterocycles. The van der Waals surface area contributed by atoms with Crippen LogP contribution in [0.2, 0.25) is 0 Å². The number of aryl methyl sites for hydroxylation is 1. The van der Waals surface area contributed by atoms with Gasteiger partial charge in [0.25, 0.3) is 5.91 Å². The van der Waals surface area contributed by atoms with Crippen LogP contribution >= 0.6 is 0 Å². The SMILES string of the molecule is Cc1ccc(C=NNC(=O)C(=O)Nc2ccccc2C(=O)NC2CCCCC2)o1. The predicted molar refractivity (Wildman–Crippen MR) is 109 cm³/mol. The van der Waals surface area contributed by atoms with Crippen LogP contribution in [-0.2, 0) is 9.59 Å². The van der Waals surface area contributed by atoms with Crippen LogP contribution < -0.4 is 16.1 Å². The molecule has 1 aliphatic rings. The standard InChI is InChI=1S/C21H24N4O4/c1-14-11-12-16(29-14)13-22-25-21(28)20(27)24-18-10-6-5-9-17(18)19(26)23-15-7-3-2-4-8-15/h5-6,9-13,15H,2-4,7-8H2,1H3,(H,23,26)(H,24,27)(H,25,28). The number of para-hydroxylation sites is 1. The van der Waals surface area contributed by atoms with Crippen molar-refractivity contribution in [2.75, 3.05) is 5.32 Å². The second-order valence-electron chi connectivity index (χ2n) is 6.96. The van der Waals surface area contributed by atoms with Gasteiger partial charge in [-0.25, -0.2) is 5.43 Å². The Kier molecular flexibility index (Phi) is 6.78. The van der Waals surface area contributed by atoms with E-state index in [1.807, 2.05) is 0 Å². The van der Waals surface area contributed by atoms with Crippen LogP contribution in [0.25, 0.3) is 0 Å². The van der Waals surface area contributed by atoms with Gasteiger partial charge in [0.2, 0.25) is 0 Å². The van der Waals surface area contributed by atoms with Gasteiger partial charge in [-0.3, -0.25) is 14.4 Å². The zero-order valence-electron chi connectivity index (χ0n) is 16.2. The molecule has 1 aliphatic carbocycles. The molecule has 1 aromatic carbocycles. The molecule has 0 saturated heterocycles. The molecule has 8 nitrogen and oxygen atoms in total. The van der Waals surface area contributed by atoms with Gasteiger partial charge in [-0.1, -0.05) is 31.4 Å². The van der Waals surface area contributed by atoms with Crippen molar-refractivity contribution >= 4 is 29.6 Å². The topological polar surface area (TPSA) is 113 Å². The monoisotopic (exact) mass is 396 g/mol. The summed E-state index contributed by atoms with van der Waals surface area (Å²) in [6.45, 7) is 1.78. The first-order valence-electron chi connectivity index (χ1n) is 9.63. The van der Waals surface area contributed by atoms with E-state index >= 15 is 0 Å². The van der Waals surface area contributed by atoms with Crippen molar-refractivity contribution in [2.24, 2.45) is 5.10 Å². The number of rotatable bonds is 5. The fourth-order valence-electron chi connectivity index (χ4n) is 3.21. The molecule has 152 valence electrons. The third kappa shape index (κ3) is 5.78. The summed E-state index contributed by atoms with van der Waals surface area (Å²) in [5, 5.41) is 9.17. The van der Waals surface area contributed by atoms with Crippen molar-refractivity contribution in [1.29, 1.82) is 0 Å². The van der Waals surface area contributed by atoms with E-state index in [0.29, 0.717) is 17.1 Å². The van der Waals surface area contributed by atoms with Gasteiger partial charge >= 0.3 is 11.8 Å². The molecule has 0 unspecified atom stereocenters. The maximum absolute atomic E-state index is 12.6. The van der Waals surface area contributed by atoms with Crippen LogP contribution in [0, 0.1) is 6.92 Å². The fraction of sp³-hybridized carbons (Fsp3) is 0.333. The van der Waals surface area contributed by atoms with Crippen molar-refractivity contribution in [3.05, 3.63) is 53.5 Å². The third-order valence-electron chi connectivity index (χ3n) is 4.69. The third-order valence-corrected chi connectivity index (χ3v) is 4.69. The number of nitrogens with zero attached hydrogens (tertiary/aromatic N) is 1. The molecule has 3 amide bonds. The molecule has 8 heteroatoms. The Bertz CT molecular complexity index is 913. The molecule has 29 heavy (non-hydrogen) atoms. The molecule has 0 atom stereocenters. The number of amides is 3. The number of hydrazone groups is 1. The van der Waals surface area contributed by atoms with Gasteiger partial charge in [0.15, 0.2) is 0 Å². The number of anilines is 1. The van der Waals surface area contributed by atoms with E-state index < -0.39 is 11.8 Å². The van der Waals surface area contributed by atoms with Gasteiger partial charge in [-0.15, -0.1) is 0 Å². The predicted octanol–water partition coefficient (Wildman–Crippen LogP) is 2.74. The minimum atomic E-state index is -0.952. The number of nitrogens with one attached hydrogen (secondary N) is 3. The maximum Gasteiger partial charge on any atom is 0.329 e. The summed E-state index contributed by atoms with van der Waals surface area (Å²) in [6, 6.07) is 10.2. The van der Waals surface area contributed by atoms with Gasteiger partial charge < -0.3 is 15.1 Å². The van der Waals surface area contributed by atoms with E-state index in [2.05, 4.69) is 21.2 Å². The molecule has 3 N–H and O–H groups in total. The quantitative estimate of drug-likeness (QED) is 0.410. The molecule has 1 fully saturated rings. The molecule has 1 saturated carbocycles. The zero-order chi connectivity index (χ0) is 20.6. The van der Waals surface area contributed by atoms with E-state index in [1.165, 1.54) is 12.6 Å². The smallest absolute Gasteiger partial charge is 0.329 e. The number of furan rings is 1. The van der Waals surface area contributed by atoms with Crippen molar-refractivity contribution in [3.63, 3.8) is 0 Å². The molecule has 0 bridgehead atoms. The van der Waals surface area contributed by atoms with E-state index in [4.69, 9.17) is 4.42 Å². The lowest BCUT2D eigenvalue weighted by molar-refractivity contribution is -0.136. The molecular formula is C21H24N4O4. The van der Waals surface area contributed by atoms with E-state index in [9.17, 15) is 14.4 Å². The van der Waals surface area contributed by atoms with Crippen molar-refractivity contribution < 1.29 is 18.8 Å². The highest BCUT2D eigenvalue weighted by Crippen LogP contribution is 2.20. The first kappa shape index (κ1) is 20.3. The highest BCUT2D eigenvalue weighted by atomic mass is 16.3. The lowest BCUT2D eigenvalue weighted by Gasteiger charge is -2.23. The number of benzene rings is 1. The van der Waals surface area contributed by atoms with Crippen molar-refractivity contribution in [1.82, 2.24) is 10.7 Å².